The van der Waals surface area contributed by atoms with Gasteiger partial charge in [-0.3, -0.25) is 0 Å². The third-order valence-corrected chi connectivity index (χ3v) is 5.82. The largest absolute Gasteiger partial charge is 0.673 e. The van der Waals surface area contributed by atoms with Crippen molar-refractivity contribution < 1.29 is 32.2 Å². The van der Waals surface area contributed by atoms with Gasteiger partial charge in [-0.15, -0.1) is 0 Å². The van der Waals surface area contributed by atoms with Crippen molar-refractivity contribution in [1.29, 1.82) is 0 Å². The molecule has 0 heterocycles. The van der Waals surface area contributed by atoms with Gasteiger partial charge in [-0.25, -0.2) is 0 Å². The molecular formula is C22H18BF4Fe-. The molecule has 0 bridgehead atoms. The molecule has 0 N–H and O–H groups in total. The van der Waals surface area contributed by atoms with Crippen molar-refractivity contribution in [3.8, 4) is 0 Å². The molecule has 0 saturated carbocycles. The minimum atomic E-state index is -6.00. The average molecular weight is 425 g/mol. The Hall–Kier alpha value is -2.30. The number of hydrogen-bond acceptors (Lipinski definition) is 0. The molecule has 28 heavy (non-hydrogen) atoms. The van der Waals surface area contributed by atoms with Crippen molar-refractivity contribution in [1.82, 2.24) is 0 Å². The third kappa shape index (κ3) is 5.85. The van der Waals surface area contributed by atoms with Crippen LogP contribution in [0.1, 0.15) is 24.0 Å². The Bertz CT molecular complexity index is 849. The van der Waals surface area contributed by atoms with Gasteiger partial charge in [0.25, 0.3) is 0 Å². The first-order valence-electron chi connectivity index (χ1n) is 8.82. The van der Waals surface area contributed by atoms with Crippen LogP contribution in [0.3, 0.4) is 0 Å². The normalized spacial score (nSPS) is 16.0. The van der Waals surface area contributed by atoms with Crippen molar-refractivity contribution in [2.45, 2.75) is 12.8 Å². The van der Waals surface area contributed by atoms with Crippen molar-refractivity contribution in [3.05, 3.63) is 105 Å². The van der Waals surface area contributed by atoms with Crippen molar-refractivity contribution >= 4 is 18.4 Å². The van der Waals surface area contributed by atoms with Gasteiger partial charge in [0.1, 0.15) is 0 Å². The first-order valence-corrected chi connectivity index (χ1v) is 9.92. The van der Waals surface area contributed by atoms with Gasteiger partial charge in [0.05, 0.1) is 0 Å². The molecule has 2 aromatic carbocycles. The van der Waals surface area contributed by atoms with E-state index in [1.54, 1.807) is 8.94 Å². The maximum absolute atomic E-state index is 9.75. The summed E-state index contributed by atoms with van der Waals surface area (Å²) < 4.78 is 42.1. The van der Waals surface area contributed by atoms with E-state index in [1.165, 1.54) is 22.3 Å². The van der Waals surface area contributed by atoms with Gasteiger partial charge in [0.2, 0.25) is 0 Å². The van der Waals surface area contributed by atoms with Crippen LogP contribution >= 0.6 is 0 Å². The molecule has 2 aromatic rings. The quantitative estimate of drug-likeness (QED) is 0.362. The number of hydrogen-bond donors (Lipinski definition) is 0. The van der Waals surface area contributed by atoms with Crippen LogP contribution in [0.15, 0.2) is 93.9 Å². The molecule has 0 amide bonds. The molecule has 0 fully saturated rings. The molecule has 0 nitrogen and oxygen atoms in total. The summed E-state index contributed by atoms with van der Waals surface area (Å²) in [6.07, 6.45) is 11.3. The summed E-state index contributed by atoms with van der Waals surface area (Å²) in [7, 11) is -6.00. The molecule has 0 spiro atoms. The summed E-state index contributed by atoms with van der Waals surface area (Å²) in [4.78, 5) is 0. The predicted octanol–water partition coefficient (Wildman–Crippen LogP) is 7.11. The summed E-state index contributed by atoms with van der Waals surface area (Å²) in [6.45, 7) is 0. The third-order valence-electron chi connectivity index (χ3n) is 4.11. The van der Waals surface area contributed by atoms with Crippen LogP contribution in [0.25, 0.3) is 11.1 Å². The number of halogens is 4. The Kier molecular flexibility index (Phi) is 6.76. The SMILES string of the molecule is C1=CC(c2ccccc2)=[C]([Fe][C]2=C(c3ccccc3)C=CC2)C1.F[B-](F)(F)F. The Balaban J connectivity index is 0.000000403. The molecule has 6 heteroatoms. The van der Waals surface area contributed by atoms with E-state index in [0.717, 1.165) is 27.8 Å². The Morgan fingerprint density at radius 3 is 1.32 bits per heavy atom. The molecule has 2 aliphatic carbocycles. The second kappa shape index (κ2) is 9.27. The molecule has 0 saturated heterocycles. The minimum Gasteiger partial charge on any atom is -0.418 e. The van der Waals surface area contributed by atoms with Crippen molar-refractivity contribution in [2.75, 3.05) is 0 Å². The van der Waals surface area contributed by atoms with Crippen LogP contribution < -0.4 is 0 Å². The van der Waals surface area contributed by atoms with E-state index in [0.29, 0.717) is 0 Å². The van der Waals surface area contributed by atoms with Crippen LogP contribution in [0.2, 0.25) is 0 Å². The predicted molar refractivity (Wildman–Crippen MR) is 104 cm³/mol. The maximum atomic E-state index is 9.75. The molecule has 0 radical (unpaired) electrons. The van der Waals surface area contributed by atoms with Crippen LogP contribution in [-0.2, 0) is 15.0 Å². The second-order valence-corrected chi connectivity index (χ2v) is 7.74. The maximum Gasteiger partial charge on any atom is 0.673 e. The van der Waals surface area contributed by atoms with E-state index < -0.39 is 7.25 Å². The van der Waals surface area contributed by atoms with Gasteiger partial charge in [0, 0.05) is 0 Å². The fourth-order valence-electron chi connectivity index (χ4n) is 2.98. The van der Waals surface area contributed by atoms with Gasteiger partial charge in [0.15, 0.2) is 0 Å². The van der Waals surface area contributed by atoms with E-state index >= 15 is 0 Å². The number of rotatable bonds is 4. The van der Waals surface area contributed by atoms with E-state index in [4.69, 9.17) is 0 Å². The van der Waals surface area contributed by atoms with Gasteiger partial charge in [-0.2, -0.15) is 0 Å². The summed E-state index contributed by atoms with van der Waals surface area (Å²) in [6, 6.07) is 21.5. The van der Waals surface area contributed by atoms with E-state index in [9.17, 15) is 17.3 Å². The number of allylic oxidation sites excluding steroid dienone is 8. The molecular weight excluding hydrogens is 407 g/mol. The van der Waals surface area contributed by atoms with E-state index in [-0.39, 0.29) is 0 Å². The van der Waals surface area contributed by atoms with Gasteiger partial charge >= 0.3 is 151 Å². The van der Waals surface area contributed by atoms with Crippen LogP contribution in [-0.4, -0.2) is 7.25 Å². The molecule has 0 aliphatic heterocycles. The van der Waals surface area contributed by atoms with Crippen molar-refractivity contribution in [3.63, 3.8) is 0 Å². The van der Waals surface area contributed by atoms with Crippen molar-refractivity contribution in [2.24, 2.45) is 0 Å². The van der Waals surface area contributed by atoms with Gasteiger partial charge in [-0.05, 0) is 0 Å². The zero-order valence-electron chi connectivity index (χ0n) is 14.9. The fourth-order valence-corrected chi connectivity index (χ4v) is 4.67. The first kappa shape index (κ1) is 20.4. The van der Waals surface area contributed by atoms with E-state index in [2.05, 4.69) is 85.0 Å². The van der Waals surface area contributed by atoms with Crippen LogP contribution in [0.4, 0.5) is 17.3 Å². The number of benzene rings is 2. The van der Waals surface area contributed by atoms with E-state index in [1.807, 2.05) is 0 Å². The zero-order valence-corrected chi connectivity index (χ0v) is 16.0. The minimum absolute atomic E-state index is 1.08. The smallest absolute Gasteiger partial charge is 0.418 e. The Morgan fingerprint density at radius 2 is 0.964 bits per heavy atom. The van der Waals surface area contributed by atoms with Gasteiger partial charge < -0.3 is 17.3 Å². The first-order chi connectivity index (χ1) is 13.4. The second-order valence-electron chi connectivity index (χ2n) is 6.14. The molecule has 2 aliphatic rings. The topological polar surface area (TPSA) is 0 Å². The summed E-state index contributed by atoms with van der Waals surface area (Å²) in [5.41, 5.74) is 5.50. The van der Waals surface area contributed by atoms with Crippen LogP contribution in [0, 0.1) is 0 Å². The van der Waals surface area contributed by atoms with Gasteiger partial charge in [-0.1, -0.05) is 0 Å². The summed E-state index contributed by atoms with van der Waals surface area (Å²) >= 11 is 1.08. The molecule has 0 atom stereocenters. The molecule has 4 rings (SSSR count). The zero-order chi connectivity index (χ0) is 20.0. The average Bonchev–Trinajstić information content (AvgIpc) is 3.32. The summed E-state index contributed by atoms with van der Waals surface area (Å²) in [5.74, 6) is 0. The summed E-state index contributed by atoms with van der Waals surface area (Å²) in [5, 5.41) is 0. The Labute approximate surface area is 168 Å². The standard InChI is InChI=1S/2C11H9.BF4.Fe/c2*1-2-6-10(7-3-1)11-8-4-5-9-11;2-1(3,4)5;/h2*1-4,6-8H,5H2;;/q;;-1;. The molecule has 0 aromatic heterocycles. The molecule has 146 valence electrons. The van der Waals surface area contributed by atoms with Crippen LogP contribution in [0.5, 0.6) is 0 Å². The fraction of sp³-hybridized carbons (Fsp3) is 0.0909. The molecule has 0 unspecified atom stereocenters. The Morgan fingerprint density at radius 1 is 0.607 bits per heavy atom. The monoisotopic (exact) mass is 425 g/mol.